The molecule has 1 amide bonds. The third-order valence-corrected chi connectivity index (χ3v) is 3.59. The van der Waals surface area contributed by atoms with Gasteiger partial charge in [0.15, 0.2) is 0 Å². The van der Waals surface area contributed by atoms with E-state index < -0.39 is 0 Å². The van der Waals surface area contributed by atoms with E-state index in [9.17, 15) is 4.79 Å². The van der Waals surface area contributed by atoms with Crippen LogP contribution in [0.1, 0.15) is 45.1 Å². The molecule has 0 aliphatic heterocycles. The van der Waals surface area contributed by atoms with Crippen molar-refractivity contribution in [2.24, 2.45) is 0 Å². The number of hydrogen-bond acceptors (Lipinski definition) is 3. The van der Waals surface area contributed by atoms with Gasteiger partial charge in [-0.15, -0.1) is 0 Å². The van der Waals surface area contributed by atoms with Crippen molar-refractivity contribution in [2.45, 2.75) is 52.5 Å². The summed E-state index contributed by atoms with van der Waals surface area (Å²) in [6.07, 6.45) is 2.23. The molecule has 0 fully saturated rings. The monoisotopic (exact) mass is 300 g/mol. The van der Waals surface area contributed by atoms with Crippen molar-refractivity contribution in [1.82, 2.24) is 10.3 Å². The Bertz CT molecular complexity index is 630. The molecule has 1 heterocycles. The number of amides is 1. The van der Waals surface area contributed by atoms with Crippen LogP contribution in [0.4, 0.5) is 0 Å². The molecule has 0 atom stereocenters. The van der Waals surface area contributed by atoms with E-state index in [0.717, 1.165) is 18.4 Å². The van der Waals surface area contributed by atoms with Crippen LogP contribution in [0, 0.1) is 6.92 Å². The van der Waals surface area contributed by atoms with Gasteiger partial charge in [0.05, 0.1) is 12.1 Å². The van der Waals surface area contributed by atoms with Crippen LogP contribution in [0.2, 0.25) is 0 Å². The minimum absolute atomic E-state index is 0.0190. The molecule has 22 heavy (non-hydrogen) atoms. The molecule has 1 aromatic heterocycles. The maximum atomic E-state index is 12.2. The summed E-state index contributed by atoms with van der Waals surface area (Å²) in [6, 6.07) is 9.71. The van der Waals surface area contributed by atoms with Crippen molar-refractivity contribution in [3.63, 3.8) is 0 Å². The van der Waals surface area contributed by atoms with Gasteiger partial charge in [-0.05, 0) is 39.3 Å². The van der Waals surface area contributed by atoms with E-state index in [4.69, 9.17) is 4.42 Å². The quantitative estimate of drug-likeness (QED) is 0.880. The van der Waals surface area contributed by atoms with Gasteiger partial charge in [-0.25, -0.2) is 4.98 Å². The van der Waals surface area contributed by atoms with Crippen molar-refractivity contribution in [1.29, 1.82) is 0 Å². The second kappa shape index (κ2) is 6.77. The first kappa shape index (κ1) is 16.3. The number of hydrogen-bond donors (Lipinski definition) is 1. The highest BCUT2D eigenvalue weighted by Gasteiger charge is 2.21. The van der Waals surface area contributed by atoms with Crippen LogP contribution in [0.5, 0.6) is 0 Å². The van der Waals surface area contributed by atoms with Crippen LogP contribution in [-0.4, -0.2) is 16.4 Å². The molecule has 0 spiro atoms. The molecule has 0 radical (unpaired) electrons. The Morgan fingerprint density at radius 1 is 1.27 bits per heavy atom. The molecular formula is C18H24N2O2. The predicted octanol–water partition coefficient (Wildman–Crippen LogP) is 3.89. The average molecular weight is 300 g/mol. The number of aryl methyl sites for hydroxylation is 1. The number of benzene rings is 1. The molecule has 0 saturated carbocycles. The molecule has 0 aliphatic rings. The van der Waals surface area contributed by atoms with Crippen LogP contribution >= 0.6 is 0 Å². The molecule has 1 aromatic carbocycles. The lowest BCUT2D eigenvalue weighted by molar-refractivity contribution is -0.122. The molecule has 0 aliphatic carbocycles. The predicted molar refractivity (Wildman–Crippen MR) is 87.5 cm³/mol. The largest absolute Gasteiger partial charge is 0.441 e. The first-order chi connectivity index (χ1) is 10.4. The number of oxazole rings is 1. The highest BCUT2D eigenvalue weighted by Crippen LogP contribution is 2.22. The summed E-state index contributed by atoms with van der Waals surface area (Å²) < 4.78 is 5.69. The highest BCUT2D eigenvalue weighted by atomic mass is 16.4. The molecular weight excluding hydrogens is 276 g/mol. The van der Waals surface area contributed by atoms with Gasteiger partial charge >= 0.3 is 0 Å². The van der Waals surface area contributed by atoms with Gasteiger partial charge < -0.3 is 9.73 Å². The lowest BCUT2D eigenvalue weighted by Gasteiger charge is -2.25. The summed E-state index contributed by atoms with van der Waals surface area (Å²) in [5.74, 6) is 1.24. The number of nitrogens with zero attached hydrogens (tertiary/aromatic N) is 1. The summed E-state index contributed by atoms with van der Waals surface area (Å²) in [5.41, 5.74) is 1.43. The topological polar surface area (TPSA) is 55.1 Å². The molecule has 4 heteroatoms. The average Bonchev–Trinajstić information content (AvgIpc) is 2.80. The number of rotatable bonds is 6. The second-order valence-electron chi connectivity index (χ2n) is 6.25. The summed E-state index contributed by atoms with van der Waals surface area (Å²) in [4.78, 5) is 16.7. The zero-order valence-electron chi connectivity index (χ0n) is 13.8. The van der Waals surface area contributed by atoms with Crippen molar-refractivity contribution in [2.75, 3.05) is 0 Å². The first-order valence-electron chi connectivity index (χ1n) is 7.74. The molecule has 1 N–H and O–H groups in total. The SMILES string of the molecule is CCCC(C)(C)NC(=O)Cc1nc(-c2ccccc2)oc1C. The number of carbonyl (C=O) groups is 1. The number of aromatic nitrogens is 1. The third kappa shape index (κ3) is 4.20. The molecule has 4 nitrogen and oxygen atoms in total. The van der Waals surface area contributed by atoms with Gasteiger partial charge in [0.2, 0.25) is 11.8 Å². The fraction of sp³-hybridized carbons (Fsp3) is 0.444. The summed E-state index contributed by atoms with van der Waals surface area (Å²) in [7, 11) is 0. The molecule has 0 saturated heterocycles. The van der Waals surface area contributed by atoms with Crippen LogP contribution in [0.25, 0.3) is 11.5 Å². The zero-order chi connectivity index (χ0) is 16.2. The highest BCUT2D eigenvalue weighted by molar-refractivity contribution is 5.79. The Kier molecular flexibility index (Phi) is 5.01. The lowest BCUT2D eigenvalue weighted by atomic mass is 9.98. The maximum Gasteiger partial charge on any atom is 0.226 e. The normalized spacial score (nSPS) is 11.5. The molecule has 2 rings (SSSR count). The van der Waals surface area contributed by atoms with Gasteiger partial charge in [0.1, 0.15) is 5.76 Å². The molecule has 0 bridgehead atoms. The minimum Gasteiger partial charge on any atom is -0.441 e. The molecule has 2 aromatic rings. The summed E-state index contributed by atoms with van der Waals surface area (Å²) in [6.45, 7) is 8.04. The Morgan fingerprint density at radius 2 is 1.95 bits per heavy atom. The second-order valence-corrected chi connectivity index (χ2v) is 6.25. The van der Waals surface area contributed by atoms with Crippen LogP contribution in [0.15, 0.2) is 34.7 Å². The van der Waals surface area contributed by atoms with Gasteiger partial charge in [0.25, 0.3) is 0 Å². The molecule has 118 valence electrons. The minimum atomic E-state index is -0.189. The lowest BCUT2D eigenvalue weighted by Crippen LogP contribution is -2.44. The molecule has 0 unspecified atom stereocenters. The van der Waals surface area contributed by atoms with Crippen LogP contribution in [-0.2, 0) is 11.2 Å². The number of carbonyl (C=O) groups excluding carboxylic acids is 1. The Hall–Kier alpha value is -2.10. The fourth-order valence-electron chi connectivity index (χ4n) is 2.56. The summed E-state index contributed by atoms with van der Waals surface area (Å²) >= 11 is 0. The van der Waals surface area contributed by atoms with Gasteiger partial charge in [-0.1, -0.05) is 31.5 Å². The van der Waals surface area contributed by atoms with Crippen molar-refractivity contribution in [3.05, 3.63) is 41.8 Å². The smallest absolute Gasteiger partial charge is 0.226 e. The van der Waals surface area contributed by atoms with E-state index in [1.807, 2.05) is 51.1 Å². The van der Waals surface area contributed by atoms with E-state index in [0.29, 0.717) is 17.3 Å². The van der Waals surface area contributed by atoms with E-state index in [1.165, 1.54) is 0 Å². The van der Waals surface area contributed by atoms with E-state index in [2.05, 4.69) is 17.2 Å². The van der Waals surface area contributed by atoms with Crippen LogP contribution < -0.4 is 5.32 Å². The van der Waals surface area contributed by atoms with E-state index in [-0.39, 0.29) is 17.9 Å². The number of nitrogens with one attached hydrogen (secondary N) is 1. The fourth-order valence-corrected chi connectivity index (χ4v) is 2.56. The van der Waals surface area contributed by atoms with Crippen molar-refractivity contribution < 1.29 is 9.21 Å². The van der Waals surface area contributed by atoms with Crippen LogP contribution in [0.3, 0.4) is 0 Å². The maximum absolute atomic E-state index is 12.2. The third-order valence-electron chi connectivity index (χ3n) is 3.59. The Labute approximate surface area is 131 Å². The van der Waals surface area contributed by atoms with Crippen molar-refractivity contribution in [3.8, 4) is 11.5 Å². The van der Waals surface area contributed by atoms with Gasteiger partial charge in [-0.3, -0.25) is 4.79 Å². The first-order valence-corrected chi connectivity index (χ1v) is 7.74. The van der Waals surface area contributed by atoms with Crippen molar-refractivity contribution >= 4 is 5.91 Å². The Morgan fingerprint density at radius 3 is 2.59 bits per heavy atom. The summed E-state index contributed by atoms with van der Waals surface area (Å²) in [5, 5.41) is 3.06. The Balaban J connectivity index is 2.08. The van der Waals surface area contributed by atoms with Gasteiger partial charge in [0, 0.05) is 11.1 Å². The van der Waals surface area contributed by atoms with E-state index in [1.54, 1.807) is 0 Å². The zero-order valence-corrected chi connectivity index (χ0v) is 13.8. The standard InChI is InChI=1S/C18H24N2O2/c1-5-11-18(3,4)20-16(21)12-15-13(2)22-17(19-15)14-9-7-6-8-10-14/h6-10H,5,11-12H2,1-4H3,(H,20,21). The van der Waals surface area contributed by atoms with E-state index >= 15 is 0 Å². The van der Waals surface area contributed by atoms with Gasteiger partial charge in [-0.2, -0.15) is 0 Å².